The van der Waals surface area contributed by atoms with Gasteiger partial charge in [-0.05, 0) is 18.2 Å². The van der Waals surface area contributed by atoms with Crippen molar-refractivity contribution in [3.63, 3.8) is 0 Å². The second kappa shape index (κ2) is 3.25. The molecule has 2 rings (SSSR count). The molecular weight excluding hydrogens is 200 g/mol. The first-order valence-electron chi connectivity index (χ1n) is 4.21. The Labute approximate surface area is 84.5 Å². The van der Waals surface area contributed by atoms with Crippen LogP contribution in [0, 0.1) is 0 Å². The number of hydrogen-bond acceptors (Lipinski definition) is 4. The van der Waals surface area contributed by atoms with Crippen molar-refractivity contribution in [3.8, 4) is 0 Å². The van der Waals surface area contributed by atoms with E-state index < -0.39 is 18.2 Å². The van der Waals surface area contributed by atoms with Crippen LogP contribution in [0.15, 0.2) is 18.2 Å². The number of fused-ring (bicyclic) bond motifs is 1. The Morgan fingerprint density at radius 2 is 2.07 bits per heavy atom. The minimum Gasteiger partial charge on any atom is -0.478 e. The van der Waals surface area contributed by atoms with Crippen LogP contribution in [0.5, 0.6) is 0 Å². The summed E-state index contributed by atoms with van der Waals surface area (Å²) in [6, 6.07) is 4.03. The van der Waals surface area contributed by atoms with Gasteiger partial charge in [-0.15, -0.1) is 0 Å². The maximum absolute atomic E-state index is 11.3. The van der Waals surface area contributed by atoms with Crippen LogP contribution < -0.4 is 10.6 Å². The highest BCUT2D eigenvalue weighted by Crippen LogP contribution is 2.21. The van der Waals surface area contributed by atoms with Gasteiger partial charge in [0.2, 0.25) is 6.35 Å². The number of carboxylic acid groups (broad SMARTS) is 1. The predicted molar refractivity (Wildman–Crippen MR) is 50.5 cm³/mol. The first-order chi connectivity index (χ1) is 7.08. The van der Waals surface area contributed by atoms with Gasteiger partial charge in [0.25, 0.3) is 5.91 Å². The van der Waals surface area contributed by atoms with Crippen molar-refractivity contribution in [2.75, 3.05) is 5.32 Å². The van der Waals surface area contributed by atoms with Crippen molar-refractivity contribution in [3.05, 3.63) is 29.3 Å². The van der Waals surface area contributed by atoms with Crippen LogP contribution >= 0.6 is 0 Å². The number of benzene rings is 1. The van der Waals surface area contributed by atoms with Crippen LogP contribution in [0.2, 0.25) is 0 Å². The summed E-state index contributed by atoms with van der Waals surface area (Å²) >= 11 is 0. The molecule has 0 fully saturated rings. The van der Waals surface area contributed by atoms with E-state index in [1.54, 1.807) is 0 Å². The monoisotopic (exact) mass is 208 g/mol. The number of aromatic carboxylic acids is 1. The summed E-state index contributed by atoms with van der Waals surface area (Å²) in [6.07, 6.45) is -1.19. The maximum atomic E-state index is 11.3. The number of anilines is 1. The fourth-order valence-corrected chi connectivity index (χ4v) is 1.38. The smallest absolute Gasteiger partial charge is 0.335 e. The molecule has 78 valence electrons. The van der Waals surface area contributed by atoms with E-state index in [0.29, 0.717) is 11.3 Å². The number of carboxylic acids is 1. The van der Waals surface area contributed by atoms with Crippen molar-refractivity contribution in [1.29, 1.82) is 0 Å². The Morgan fingerprint density at radius 1 is 1.33 bits per heavy atom. The van der Waals surface area contributed by atoms with Crippen LogP contribution in [0.4, 0.5) is 5.69 Å². The largest absolute Gasteiger partial charge is 0.478 e. The molecule has 0 saturated carbocycles. The molecule has 0 aliphatic carbocycles. The molecule has 1 heterocycles. The van der Waals surface area contributed by atoms with E-state index in [4.69, 9.17) is 10.2 Å². The second-order valence-corrected chi connectivity index (χ2v) is 3.09. The lowest BCUT2D eigenvalue weighted by Crippen LogP contribution is -2.44. The number of aliphatic hydroxyl groups excluding tert-OH is 1. The van der Waals surface area contributed by atoms with Crippen molar-refractivity contribution >= 4 is 17.6 Å². The van der Waals surface area contributed by atoms with E-state index in [-0.39, 0.29) is 5.56 Å². The summed E-state index contributed by atoms with van der Waals surface area (Å²) in [7, 11) is 0. The SMILES string of the molecule is O=C(O)c1ccc2c(c1)NC(O)NC2=O. The molecule has 15 heavy (non-hydrogen) atoms. The predicted octanol–water partition coefficient (Wildman–Crippen LogP) is -0.184. The summed E-state index contributed by atoms with van der Waals surface area (Å²) in [4.78, 5) is 22.0. The molecule has 0 radical (unpaired) electrons. The van der Waals surface area contributed by atoms with Gasteiger partial charge in [-0.25, -0.2) is 4.79 Å². The quantitative estimate of drug-likeness (QED) is 0.513. The van der Waals surface area contributed by atoms with Crippen LogP contribution in [0.25, 0.3) is 0 Å². The molecule has 0 spiro atoms. The summed E-state index contributed by atoms with van der Waals surface area (Å²) < 4.78 is 0. The van der Waals surface area contributed by atoms with Gasteiger partial charge in [0.1, 0.15) is 0 Å². The normalized spacial score (nSPS) is 18.7. The molecular formula is C9H8N2O4. The highest BCUT2D eigenvalue weighted by atomic mass is 16.4. The average Bonchev–Trinajstić information content (AvgIpc) is 2.16. The summed E-state index contributed by atoms with van der Waals surface area (Å²) in [5, 5.41) is 22.7. The summed E-state index contributed by atoms with van der Waals surface area (Å²) in [5.41, 5.74) is 0.680. The molecule has 6 heteroatoms. The van der Waals surface area contributed by atoms with Gasteiger partial charge in [-0.3, -0.25) is 4.79 Å². The third-order valence-corrected chi connectivity index (χ3v) is 2.07. The van der Waals surface area contributed by atoms with E-state index in [2.05, 4.69) is 10.6 Å². The molecule has 0 bridgehead atoms. The standard InChI is InChI=1S/C9H8N2O4/c12-7-5-2-1-4(8(13)14)3-6(5)10-9(15)11-7/h1-3,9-10,15H,(H,11,12)(H,13,14). The highest BCUT2D eigenvalue weighted by molar-refractivity contribution is 6.03. The Hall–Kier alpha value is -2.08. The zero-order chi connectivity index (χ0) is 11.0. The lowest BCUT2D eigenvalue weighted by molar-refractivity contribution is 0.0694. The van der Waals surface area contributed by atoms with E-state index in [1.165, 1.54) is 18.2 Å². The zero-order valence-corrected chi connectivity index (χ0v) is 7.52. The Balaban J connectivity index is 2.48. The van der Waals surface area contributed by atoms with Gasteiger partial charge in [0, 0.05) is 0 Å². The number of amides is 1. The van der Waals surface area contributed by atoms with Crippen molar-refractivity contribution < 1.29 is 19.8 Å². The molecule has 1 amide bonds. The fraction of sp³-hybridized carbons (Fsp3) is 0.111. The zero-order valence-electron chi connectivity index (χ0n) is 7.52. The third kappa shape index (κ3) is 1.62. The topological polar surface area (TPSA) is 98.7 Å². The molecule has 1 atom stereocenters. The summed E-state index contributed by atoms with van der Waals surface area (Å²) in [6.45, 7) is 0. The minimum absolute atomic E-state index is 0.0585. The first kappa shape index (κ1) is 9.47. The summed E-state index contributed by atoms with van der Waals surface area (Å²) in [5.74, 6) is -1.52. The number of aliphatic hydroxyl groups is 1. The van der Waals surface area contributed by atoms with E-state index in [0.717, 1.165) is 0 Å². The third-order valence-electron chi connectivity index (χ3n) is 2.07. The van der Waals surface area contributed by atoms with Gasteiger partial charge >= 0.3 is 5.97 Å². The minimum atomic E-state index is -1.19. The van der Waals surface area contributed by atoms with Crippen LogP contribution in [-0.4, -0.2) is 28.4 Å². The van der Waals surface area contributed by atoms with Crippen LogP contribution in [0.1, 0.15) is 20.7 Å². The molecule has 1 aliphatic heterocycles. The molecule has 0 saturated heterocycles. The van der Waals surface area contributed by atoms with E-state index in [1.807, 2.05) is 0 Å². The van der Waals surface area contributed by atoms with Gasteiger partial charge in [-0.2, -0.15) is 0 Å². The van der Waals surface area contributed by atoms with E-state index >= 15 is 0 Å². The van der Waals surface area contributed by atoms with Crippen molar-refractivity contribution in [2.45, 2.75) is 6.35 Å². The number of nitrogens with one attached hydrogen (secondary N) is 2. The molecule has 6 nitrogen and oxygen atoms in total. The first-order valence-corrected chi connectivity index (χ1v) is 4.21. The highest BCUT2D eigenvalue weighted by Gasteiger charge is 2.22. The Bertz CT molecular complexity index is 444. The van der Waals surface area contributed by atoms with Crippen molar-refractivity contribution in [1.82, 2.24) is 5.32 Å². The maximum Gasteiger partial charge on any atom is 0.335 e. The fourth-order valence-electron chi connectivity index (χ4n) is 1.38. The lowest BCUT2D eigenvalue weighted by atomic mass is 10.1. The molecule has 1 aromatic carbocycles. The van der Waals surface area contributed by atoms with E-state index in [9.17, 15) is 9.59 Å². The van der Waals surface area contributed by atoms with Gasteiger partial charge in [0.15, 0.2) is 0 Å². The second-order valence-electron chi connectivity index (χ2n) is 3.09. The number of carbonyl (C=O) groups excluding carboxylic acids is 1. The molecule has 1 aromatic rings. The molecule has 1 unspecified atom stereocenters. The Morgan fingerprint density at radius 3 is 2.73 bits per heavy atom. The molecule has 4 N–H and O–H groups in total. The number of carbonyl (C=O) groups is 2. The lowest BCUT2D eigenvalue weighted by Gasteiger charge is -2.23. The Kier molecular flexibility index (Phi) is 2.05. The van der Waals surface area contributed by atoms with Crippen LogP contribution in [-0.2, 0) is 0 Å². The molecule has 0 aromatic heterocycles. The van der Waals surface area contributed by atoms with Gasteiger partial charge < -0.3 is 20.8 Å². The number of hydrogen-bond donors (Lipinski definition) is 4. The van der Waals surface area contributed by atoms with Crippen molar-refractivity contribution in [2.24, 2.45) is 0 Å². The van der Waals surface area contributed by atoms with Gasteiger partial charge in [0.05, 0.1) is 16.8 Å². The van der Waals surface area contributed by atoms with Crippen LogP contribution in [0.3, 0.4) is 0 Å². The average molecular weight is 208 g/mol. The van der Waals surface area contributed by atoms with Gasteiger partial charge in [-0.1, -0.05) is 0 Å². The number of rotatable bonds is 1. The molecule has 1 aliphatic rings.